The number of hydrogen-bond donors (Lipinski definition) is 1. The van der Waals surface area contributed by atoms with Crippen molar-refractivity contribution in [2.75, 3.05) is 11.5 Å². The average Bonchev–Trinajstić information content (AvgIpc) is 2.83. The molecule has 98 valence electrons. The molecule has 0 aliphatic carbocycles. The van der Waals surface area contributed by atoms with Crippen LogP contribution in [0.2, 0.25) is 0 Å². The molecule has 6 heteroatoms. The molecule has 1 unspecified atom stereocenters. The van der Waals surface area contributed by atoms with Gasteiger partial charge in [-0.3, -0.25) is 4.79 Å². The van der Waals surface area contributed by atoms with Crippen LogP contribution in [-0.4, -0.2) is 37.3 Å². The molecule has 3 heterocycles. The van der Waals surface area contributed by atoms with Crippen molar-refractivity contribution in [2.24, 2.45) is 0 Å². The molecule has 0 aromatic carbocycles. The molecule has 2 aliphatic heterocycles. The molecule has 1 atom stereocenters. The standard InChI is InChI=1S/C12H17N3O2S/c16-12(17)9-2-1-5-15-10(13-14-11(9)15)8-3-6-18-7-4-8/h8-9H,1-7H2,(H,16,17). The first-order valence-electron chi connectivity index (χ1n) is 6.51. The summed E-state index contributed by atoms with van der Waals surface area (Å²) in [6, 6.07) is 0. The lowest BCUT2D eigenvalue weighted by molar-refractivity contribution is -0.139. The maximum atomic E-state index is 11.2. The molecule has 0 amide bonds. The van der Waals surface area contributed by atoms with Crippen LogP contribution in [0, 0.1) is 0 Å². The van der Waals surface area contributed by atoms with E-state index in [1.807, 2.05) is 11.8 Å². The zero-order chi connectivity index (χ0) is 12.5. The van der Waals surface area contributed by atoms with Gasteiger partial charge in [-0.1, -0.05) is 0 Å². The quantitative estimate of drug-likeness (QED) is 0.885. The predicted octanol–water partition coefficient (Wildman–Crippen LogP) is 1.85. The van der Waals surface area contributed by atoms with E-state index in [1.54, 1.807) is 0 Å². The molecule has 0 spiro atoms. The Labute approximate surface area is 110 Å². The second-order valence-electron chi connectivity index (χ2n) is 4.99. The summed E-state index contributed by atoms with van der Waals surface area (Å²) < 4.78 is 2.07. The van der Waals surface area contributed by atoms with Gasteiger partial charge in [-0.25, -0.2) is 0 Å². The monoisotopic (exact) mass is 267 g/mol. The first-order valence-corrected chi connectivity index (χ1v) is 7.66. The van der Waals surface area contributed by atoms with E-state index in [4.69, 9.17) is 0 Å². The van der Waals surface area contributed by atoms with Crippen molar-refractivity contribution < 1.29 is 9.90 Å². The molecular weight excluding hydrogens is 250 g/mol. The summed E-state index contributed by atoms with van der Waals surface area (Å²) in [5.74, 6) is 3.29. The van der Waals surface area contributed by atoms with Gasteiger partial charge in [-0.15, -0.1) is 10.2 Å². The van der Waals surface area contributed by atoms with Crippen molar-refractivity contribution >= 4 is 17.7 Å². The Bertz CT molecular complexity index is 454. The van der Waals surface area contributed by atoms with Gasteiger partial charge < -0.3 is 9.67 Å². The van der Waals surface area contributed by atoms with Gasteiger partial charge in [0.25, 0.3) is 0 Å². The third-order valence-electron chi connectivity index (χ3n) is 3.88. The number of hydrogen-bond acceptors (Lipinski definition) is 4. The highest BCUT2D eigenvalue weighted by Crippen LogP contribution is 2.34. The molecule has 0 radical (unpaired) electrons. The summed E-state index contributed by atoms with van der Waals surface area (Å²) in [5.41, 5.74) is 0. The van der Waals surface area contributed by atoms with Crippen LogP contribution in [-0.2, 0) is 11.3 Å². The van der Waals surface area contributed by atoms with E-state index >= 15 is 0 Å². The SMILES string of the molecule is O=C(O)C1CCCn2c(C3CCSCC3)nnc21. The smallest absolute Gasteiger partial charge is 0.314 e. The fraction of sp³-hybridized carbons (Fsp3) is 0.750. The van der Waals surface area contributed by atoms with Crippen molar-refractivity contribution in [1.82, 2.24) is 14.8 Å². The lowest BCUT2D eigenvalue weighted by Gasteiger charge is -2.25. The van der Waals surface area contributed by atoms with Crippen LogP contribution in [0.4, 0.5) is 0 Å². The Kier molecular flexibility index (Phi) is 3.28. The zero-order valence-corrected chi connectivity index (χ0v) is 11.0. The molecule has 2 aliphatic rings. The second kappa shape index (κ2) is 4.91. The number of carboxylic acids is 1. The van der Waals surface area contributed by atoms with Gasteiger partial charge in [-0.2, -0.15) is 11.8 Å². The highest BCUT2D eigenvalue weighted by molar-refractivity contribution is 7.99. The van der Waals surface area contributed by atoms with Crippen LogP contribution < -0.4 is 0 Å². The summed E-state index contributed by atoms with van der Waals surface area (Å²) >= 11 is 1.99. The van der Waals surface area contributed by atoms with Crippen molar-refractivity contribution in [3.8, 4) is 0 Å². The Morgan fingerprint density at radius 1 is 1.22 bits per heavy atom. The minimum Gasteiger partial charge on any atom is -0.481 e. The van der Waals surface area contributed by atoms with E-state index < -0.39 is 11.9 Å². The largest absolute Gasteiger partial charge is 0.481 e. The van der Waals surface area contributed by atoms with Crippen LogP contribution in [0.25, 0.3) is 0 Å². The minimum atomic E-state index is -0.769. The number of thioether (sulfide) groups is 1. The Morgan fingerprint density at radius 2 is 1.94 bits per heavy atom. The number of carbonyl (C=O) groups is 1. The van der Waals surface area contributed by atoms with Gasteiger partial charge in [0.05, 0.1) is 0 Å². The van der Waals surface area contributed by atoms with E-state index in [9.17, 15) is 9.90 Å². The molecule has 1 fully saturated rings. The van der Waals surface area contributed by atoms with Crippen LogP contribution in [0.3, 0.4) is 0 Å². The Hall–Kier alpha value is -1.04. The van der Waals surface area contributed by atoms with E-state index in [0.29, 0.717) is 18.2 Å². The molecule has 5 nitrogen and oxygen atoms in total. The molecule has 0 saturated carbocycles. The summed E-state index contributed by atoms with van der Waals surface area (Å²) in [5, 5.41) is 17.7. The lowest BCUT2D eigenvalue weighted by atomic mass is 9.97. The number of rotatable bonds is 2. The number of nitrogens with zero attached hydrogens (tertiary/aromatic N) is 3. The van der Waals surface area contributed by atoms with Gasteiger partial charge in [0.2, 0.25) is 0 Å². The van der Waals surface area contributed by atoms with Crippen molar-refractivity contribution in [2.45, 2.75) is 44.1 Å². The van der Waals surface area contributed by atoms with E-state index in [0.717, 1.165) is 31.6 Å². The zero-order valence-electron chi connectivity index (χ0n) is 10.2. The predicted molar refractivity (Wildman–Crippen MR) is 68.9 cm³/mol. The molecule has 1 aromatic heterocycles. The van der Waals surface area contributed by atoms with Crippen LogP contribution in [0.15, 0.2) is 0 Å². The number of carboxylic acid groups (broad SMARTS) is 1. The third kappa shape index (κ3) is 2.02. The molecule has 1 N–H and O–H groups in total. The van der Waals surface area contributed by atoms with Crippen molar-refractivity contribution in [3.63, 3.8) is 0 Å². The number of fused-ring (bicyclic) bond motifs is 1. The van der Waals surface area contributed by atoms with E-state index in [2.05, 4.69) is 14.8 Å². The Morgan fingerprint density at radius 3 is 2.67 bits per heavy atom. The maximum Gasteiger partial charge on any atom is 0.314 e. The second-order valence-corrected chi connectivity index (χ2v) is 6.21. The number of aromatic nitrogens is 3. The van der Waals surface area contributed by atoms with Crippen LogP contribution in [0.1, 0.15) is 49.2 Å². The normalized spacial score (nSPS) is 24.8. The topological polar surface area (TPSA) is 68.0 Å². The third-order valence-corrected chi connectivity index (χ3v) is 4.93. The molecule has 3 rings (SSSR count). The number of aliphatic carboxylic acids is 1. The summed E-state index contributed by atoms with van der Waals surface area (Å²) in [4.78, 5) is 11.2. The Balaban J connectivity index is 1.91. The summed E-state index contributed by atoms with van der Waals surface area (Å²) in [6.07, 6.45) is 3.88. The van der Waals surface area contributed by atoms with Gasteiger partial charge >= 0.3 is 5.97 Å². The fourth-order valence-electron chi connectivity index (χ4n) is 2.89. The lowest BCUT2D eigenvalue weighted by Crippen LogP contribution is -2.24. The van der Waals surface area contributed by atoms with E-state index in [1.165, 1.54) is 11.5 Å². The highest BCUT2D eigenvalue weighted by Gasteiger charge is 2.32. The summed E-state index contributed by atoms with van der Waals surface area (Å²) in [7, 11) is 0. The van der Waals surface area contributed by atoms with Gasteiger partial charge in [0, 0.05) is 12.5 Å². The van der Waals surface area contributed by atoms with Crippen molar-refractivity contribution in [1.29, 1.82) is 0 Å². The minimum absolute atomic E-state index is 0.460. The van der Waals surface area contributed by atoms with E-state index in [-0.39, 0.29) is 0 Å². The molecular formula is C12H17N3O2S. The fourth-order valence-corrected chi connectivity index (χ4v) is 4.00. The molecule has 1 saturated heterocycles. The van der Waals surface area contributed by atoms with Crippen LogP contribution in [0.5, 0.6) is 0 Å². The molecule has 0 bridgehead atoms. The maximum absolute atomic E-state index is 11.2. The van der Waals surface area contributed by atoms with Gasteiger partial charge in [0.1, 0.15) is 17.6 Å². The molecule has 18 heavy (non-hydrogen) atoms. The average molecular weight is 267 g/mol. The highest BCUT2D eigenvalue weighted by atomic mass is 32.2. The first-order chi connectivity index (χ1) is 8.77. The van der Waals surface area contributed by atoms with Gasteiger partial charge in [0.15, 0.2) is 0 Å². The van der Waals surface area contributed by atoms with Crippen LogP contribution >= 0.6 is 11.8 Å². The van der Waals surface area contributed by atoms with Crippen molar-refractivity contribution in [3.05, 3.63) is 11.6 Å². The first kappa shape index (κ1) is 12.0. The van der Waals surface area contributed by atoms with Gasteiger partial charge in [-0.05, 0) is 37.2 Å². The molecule has 1 aromatic rings. The summed E-state index contributed by atoms with van der Waals surface area (Å²) in [6.45, 7) is 0.880.